The summed E-state index contributed by atoms with van der Waals surface area (Å²) in [5, 5.41) is 6.32. The van der Waals surface area contributed by atoms with Crippen molar-refractivity contribution >= 4 is 23.2 Å². The van der Waals surface area contributed by atoms with E-state index in [1.54, 1.807) is 0 Å². The topological polar surface area (TPSA) is 79.9 Å². The van der Waals surface area contributed by atoms with Crippen molar-refractivity contribution in [3.8, 4) is 0 Å². The molecule has 8 heteroatoms. The van der Waals surface area contributed by atoms with E-state index in [-0.39, 0.29) is 17.9 Å². The fourth-order valence-corrected chi connectivity index (χ4v) is 5.87. The van der Waals surface area contributed by atoms with E-state index in [1.165, 1.54) is 0 Å². The third kappa shape index (κ3) is 9.63. The zero-order chi connectivity index (χ0) is 30.5. The number of carbonyl (C=O) groups excluding carboxylic acids is 2. The highest BCUT2D eigenvalue weighted by Gasteiger charge is 2.29. The van der Waals surface area contributed by atoms with E-state index >= 15 is 0 Å². The van der Waals surface area contributed by atoms with Crippen molar-refractivity contribution in [3.05, 3.63) is 58.7 Å². The van der Waals surface area contributed by atoms with Crippen molar-refractivity contribution in [1.82, 2.24) is 4.90 Å². The molecule has 2 amide bonds. The zero-order valence-corrected chi connectivity index (χ0v) is 26.8. The maximum absolute atomic E-state index is 13.2. The molecule has 1 heterocycles. The molecule has 1 atom stereocenters. The smallest absolute Gasteiger partial charge is 0.279 e. The van der Waals surface area contributed by atoms with Gasteiger partial charge in [0.1, 0.15) is 6.54 Å². The second-order valence-corrected chi connectivity index (χ2v) is 11.7. The maximum atomic E-state index is 13.2. The summed E-state index contributed by atoms with van der Waals surface area (Å²) in [5.41, 5.74) is 6.17. The lowest BCUT2D eigenvalue weighted by atomic mass is 10.0. The molecule has 0 saturated carbocycles. The molecule has 1 unspecified atom stereocenters. The first-order chi connectivity index (χ1) is 20.2. The molecule has 3 rings (SSSR count). The predicted octanol–water partition coefficient (Wildman–Crippen LogP) is 5.24. The summed E-state index contributed by atoms with van der Waals surface area (Å²) in [6.07, 6.45) is 3.05. The van der Waals surface area contributed by atoms with Gasteiger partial charge in [-0.25, -0.2) is 0 Å². The summed E-state index contributed by atoms with van der Waals surface area (Å²) in [6, 6.07) is 12.0. The number of piperidine rings is 1. The van der Waals surface area contributed by atoms with Gasteiger partial charge in [-0.3, -0.25) is 14.5 Å². The van der Waals surface area contributed by atoms with Crippen LogP contribution in [0.2, 0.25) is 0 Å². The van der Waals surface area contributed by atoms with Crippen LogP contribution in [0.4, 0.5) is 11.4 Å². The normalized spacial score (nSPS) is 15.9. The molecule has 8 nitrogen and oxygen atoms in total. The van der Waals surface area contributed by atoms with Gasteiger partial charge in [-0.2, -0.15) is 0 Å². The van der Waals surface area contributed by atoms with Crippen LogP contribution in [-0.2, 0) is 19.1 Å². The number of para-hydroxylation sites is 2. The van der Waals surface area contributed by atoms with Crippen molar-refractivity contribution in [2.75, 3.05) is 76.3 Å². The van der Waals surface area contributed by atoms with Crippen molar-refractivity contribution in [2.24, 2.45) is 0 Å². The minimum Gasteiger partial charge on any atom is -0.378 e. The maximum Gasteiger partial charge on any atom is 0.279 e. The summed E-state index contributed by atoms with van der Waals surface area (Å²) in [7, 11) is 0. The molecule has 1 aliphatic heterocycles. The summed E-state index contributed by atoms with van der Waals surface area (Å²) in [5.74, 6) is 0.116. The van der Waals surface area contributed by atoms with Crippen LogP contribution in [-0.4, -0.2) is 92.9 Å². The van der Waals surface area contributed by atoms with Crippen LogP contribution < -0.4 is 10.6 Å². The van der Waals surface area contributed by atoms with E-state index in [0.717, 1.165) is 85.6 Å². The van der Waals surface area contributed by atoms with Crippen molar-refractivity contribution in [1.29, 1.82) is 0 Å². The number of nitrogens with zero attached hydrogens (tertiary/aromatic N) is 2. The molecule has 1 aliphatic rings. The Morgan fingerprint density at radius 3 is 1.93 bits per heavy atom. The number of hydrogen-bond donors (Lipinski definition) is 2. The van der Waals surface area contributed by atoms with Crippen LogP contribution >= 0.6 is 0 Å². The third-order valence-corrected chi connectivity index (χ3v) is 8.82. The second kappa shape index (κ2) is 16.8. The third-order valence-electron chi connectivity index (χ3n) is 8.82. The van der Waals surface area contributed by atoms with Crippen LogP contribution in [0, 0.1) is 27.7 Å². The van der Waals surface area contributed by atoms with E-state index in [2.05, 4.69) is 29.4 Å². The lowest BCUT2D eigenvalue weighted by molar-refractivity contribution is -0.917. The number of likely N-dealkylation sites (tertiary alicyclic amines) is 1. The van der Waals surface area contributed by atoms with Gasteiger partial charge < -0.3 is 24.6 Å². The molecule has 0 radical (unpaired) electrons. The quantitative estimate of drug-likeness (QED) is 0.209. The number of anilines is 2. The number of rotatable bonds is 16. The van der Waals surface area contributed by atoms with Crippen LogP contribution in [0.3, 0.4) is 0 Å². The Balaban J connectivity index is 1.37. The standard InChI is InChI=1S/C34H52N4O4/c1-7-38(8-2,25-31(39)35-32-26(3)13-11-14-27(32)4)20-22-42-24-23-41-21-19-37-18-10-9-17-30(37)34(40)36-33-28(5)15-12-16-29(33)6/h11-16,30H,7-10,17-25H2,1-6H3,(H-,35,36,39,40)/p+1. The van der Waals surface area contributed by atoms with E-state index in [9.17, 15) is 9.59 Å². The molecule has 1 fully saturated rings. The average molecular weight is 582 g/mol. The fourth-order valence-electron chi connectivity index (χ4n) is 5.87. The van der Waals surface area contributed by atoms with Gasteiger partial charge in [-0.1, -0.05) is 42.8 Å². The Bertz CT molecular complexity index is 1120. The molecule has 2 aromatic rings. The number of nitrogens with one attached hydrogen (secondary N) is 2. The van der Waals surface area contributed by atoms with Crippen molar-refractivity contribution < 1.29 is 23.5 Å². The van der Waals surface area contributed by atoms with Gasteiger partial charge >= 0.3 is 0 Å². The van der Waals surface area contributed by atoms with Gasteiger partial charge in [0.05, 0.1) is 45.6 Å². The van der Waals surface area contributed by atoms with Gasteiger partial charge in [0.25, 0.3) is 5.91 Å². The van der Waals surface area contributed by atoms with Crippen molar-refractivity contribution in [2.45, 2.75) is 66.8 Å². The van der Waals surface area contributed by atoms with E-state index < -0.39 is 0 Å². The largest absolute Gasteiger partial charge is 0.378 e. The summed E-state index contributed by atoms with van der Waals surface area (Å²) < 4.78 is 12.5. The molecule has 0 spiro atoms. The monoisotopic (exact) mass is 581 g/mol. The summed E-state index contributed by atoms with van der Waals surface area (Å²) in [6.45, 7) is 19.1. The summed E-state index contributed by atoms with van der Waals surface area (Å²) in [4.78, 5) is 28.4. The Morgan fingerprint density at radius 1 is 0.810 bits per heavy atom. The first kappa shape index (κ1) is 33.7. The zero-order valence-electron chi connectivity index (χ0n) is 26.8. The number of ether oxygens (including phenoxy) is 2. The van der Waals surface area contributed by atoms with Gasteiger partial charge in [0.2, 0.25) is 5.91 Å². The van der Waals surface area contributed by atoms with Crippen LogP contribution in [0.5, 0.6) is 0 Å². The molecule has 0 aliphatic carbocycles. The first-order valence-corrected chi connectivity index (χ1v) is 15.7. The molecular formula is C34H53N4O4+. The first-order valence-electron chi connectivity index (χ1n) is 15.7. The Hall–Kier alpha value is -2.78. The predicted molar refractivity (Wildman–Crippen MR) is 171 cm³/mol. The number of carbonyl (C=O) groups is 2. The molecule has 1 saturated heterocycles. The van der Waals surface area contributed by atoms with Gasteiger partial charge in [0, 0.05) is 17.9 Å². The number of aryl methyl sites for hydroxylation is 4. The minimum atomic E-state index is -0.126. The molecule has 0 bridgehead atoms. The molecule has 0 aromatic heterocycles. The lowest BCUT2D eigenvalue weighted by Gasteiger charge is -2.36. The molecule has 2 N–H and O–H groups in total. The number of amides is 2. The Kier molecular flexibility index (Phi) is 13.4. The fraction of sp³-hybridized carbons (Fsp3) is 0.588. The minimum absolute atomic E-state index is 0.0400. The van der Waals surface area contributed by atoms with E-state index in [4.69, 9.17) is 9.47 Å². The highest BCUT2D eigenvalue weighted by molar-refractivity contribution is 5.96. The number of quaternary nitrogens is 1. The molecule has 2 aromatic carbocycles. The Morgan fingerprint density at radius 2 is 1.36 bits per heavy atom. The molecular weight excluding hydrogens is 528 g/mol. The van der Waals surface area contributed by atoms with Crippen LogP contribution in [0.1, 0.15) is 55.4 Å². The highest BCUT2D eigenvalue weighted by Crippen LogP contribution is 2.23. The Labute approximate surface area is 253 Å². The molecule has 42 heavy (non-hydrogen) atoms. The summed E-state index contributed by atoms with van der Waals surface area (Å²) >= 11 is 0. The number of benzene rings is 2. The molecule has 232 valence electrons. The second-order valence-electron chi connectivity index (χ2n) is 11.7. The van der Waals surface area contributed by atoms with E-state index in [0.29, 0.717) is 37.5 Å². The van der Waals surface area contributed by atoms with Gasteiger partial charge in [-0.05, 0) is 83.2 Å². The highest BCUT2D eigenvalue weighted by atomic mass is 16.5. The number of likely N-dealkylation sites (N-methyl/N-ethyl adjacent to an activating group) is 1. The van der Waals surface area contributed by atoms with Crippen LogP contribution in [0.25, 0.3) is 0 Å². The van der Waals surface area contributed by atoms with Crippen LogP contribution in [0.15, 0.2) is 36.4 Å². The SMILES string of the molecule is CC[N+](CC)(CCOCCOCCN1CCCCC1C(=O)Nc1c(C)cccc1C)CC(=O)Nc1c(C)cccc1C. The van der Waals surface area contributed by atoms with Crippen molar-refractivity contribution in [3.63, 3.8) is 0 Å². The van der Waals surface area contributed by atoms with Gasteiger partial charge in [-0.15, -0.1) is 0 Å². The lowest BCUT2D eigenvalue weighted by Crippen LogP contribution is -2.53. The van der Waals surface area contributed by atoms with E-state index in [1.807, 2.05) is 64.1 Å². The van der Waals surface area contributed by atoms with Gasteiger partial charge in [0.15, 0.2) is 6.54 Å². The number of hydrogen-bond acceptors (Lipinski definition) is 5. The average Bonchev–Trinajstić information content (AvgIpc) is 2.98.